The molecule has 0 bridgehead atoms. The second-order valence-electron chi connectivity index (χ2n) is 11.8. The molecular weight excluding hydrogens is 342 g/mol. The molecular formula is C26H45NO. The van der Waals surface area contributed by atoms with E-state index in [4.69, 9.17) is 0 Å². The standard InChI is InChI=1S/C26H45NO/c1-18(7-6-16-27(4)5)22-10-11-23-21-9-8-19-17-20(28)12-14-25(19,2)24(21)13-15-26(22,23)3/h8,18,20-24,28H,6-7,9-17H2,1-5H3/t18?,20-,21?,22?,23?,24?,25-,26+/m0/s1. The largest absolute Gasteiger partial charge is 0.393 e. The van der Waals surface area contributed by atoms with Crippen molar-refractivity contribution in [3.05, 3.63) is 11.6 Å². The first kappa shape index (κ1) is 20.9. The van der Waals surface area contributed by atoms with E-state index in [-0.39, 0.29) is 6.10 Å². The number of rotatable bonds is 5. The number of hydrogen-bond donors (Lipinski definition) is 1. The van der Waals surface area contributed by atoms with Gasteiger partial charge in [0.25, 0.3) is 0 Å². The average molecular weight is 388 g/mol. The molecule has 4 aliphatic carbocycles. The molecule has 0 aliphatic heterocycles. The summed E-state index contributed by atoms with van der Waals surface area (Å²) < 4.78 is 0. The van der Waals surface area contributed by atoms with Crippen LogP contribution in [0.2, 0.25) is 0 Å². The predicted molar refractivity (Wildman–Crippen MR) is 118 cm³/mol. The lowest BCUT2D eigenvalue weighted by molar-refractivity contribution is -0.0573. The first-order valence-corrected chi connectivity index (χ1v) is 12.3. The molecule has 8 atom stereocenters. The minimum absolute atomic E-state index is 0.0800. The fraction of sp³-hybridized carbons (Fsp3) is 0.923. The molecule has 0 aromatic heterocycles. The fourth-order valence-electron chi connectivity index (χ4n) is 8.55. The van der Waals surface area contributed by atoms with Crippen LogP contribution in [0.5, 0.6) is 0 Å². The van der Waals surface area contributed by atoms with Gasteiger partial charge in [0.1, 0.15) is 0 Å². The quantitative estimate of drug-likeness (QED) is 0.593. The van der Waals surface area contributed by atoms with Crippen molar-refractivity contribution in [3.8, 4) is 0 Å². The molecule has 0 radical (unpaired) electrons. The van der Waals surface area contributed by atoms with E-state index in [9.17, 15) is 5.11 Å². The molecule has 3 fully saturated rings. The van der Waals surface area contributed by atoms with Gasteiger partial charge in [-0.2, -0.15) is 0 Å². The predicted octanol–water partition coefficient (Wildman–Crippen LogP) is 5.90. The van der Waals surface area contributed by atoms with Crippen LogP contribution in [0.1, 0.15) is 85.0 Å². The normalized spacial score (nSPS) is 46.5. The van der Waals surface area contributed by atoms with Gasteiger partial charge in [-0.25, -0.2) is 0 Å². The Hall–Kier alpha value is -0.340. The highest BCUT2D eigenvalue weighted by Crippen LogP contribution is 2.67. The van der Waals surface area contributed by atoms with Crippen molar-refractivity contribution in [3.63, 3.8) is 0 Å². The third-order valence-electron chi connectivity index (χ3n) is 10.1. The Kier molecular flexibility index (Phi) is 5.77. The molecule has 160 valence electrons. The summed E-state index contributed by atoms with van der Waals surface area (Å²) in [6.45, 7) is 9.03. The molecule has 4 rings (SSSR count). The van der Waals surface area contributed by atoms with E-state index >= 15 is 0 Å². The van der Waals surface area contributed by atoms with E-state index in [1.165, 1.54) is 57.9 Å². The van der Waals surface area contributed by atoms with Crippen LogP contribution in [0, 0.1) is 40.4 Å². The molecule has 0 heterocycles. The summed E-state index contributed by atoms with van der Waals surface area (Å²) in [5.41, 5.74) is 2.58. The first-order chi connectivity index (χ1) is 13.3. The molecule has 5 unspecified atom stereocenters. The van der Waals surface area contributed by atoms with Gasteiger partial charge in [-0.15, -0.1) is 0 Å². The molecule has 0 aromatic rings. The van der Waals surface area contributed by atoms with Gasteiger partial charge in [-0.05, 0) is 125 Å². The van der Waals surface area contributed by atoms with Crippen LogP contribution in [-0.2, 0) is 0 Å². The molecule has 2 nitrogen and oxygen atoms in total. The zero-order chi connectivity index (χ0) is 20.1. The lowest BCUT2D eigenvalue weighted by Crippen LogP contribution is -2.50. The van der Waals surface area contributed by atoms with E-state index in [2.05, 4.69) is 45.8 Å². The van der Waals surface area contributed by atoms with E-state index in [1.54, 1.807) is 5.57 Å². The maximum atomic E-state index is 10.2. The smallest absolute Gasteiger partial charge is 0.0577 e. The highest BCUT2D eigenvalue weighted by molar-refractivity contribution is 5.25. The molecule has 2 heteroatoms. The lowest BCUT2D eigenvalue weighted by Gasteiger charge is -2.58. The van der Waals surface area contributed by atoms with E-state index in [1.807, 2.05) is 0 Å². The van der Waals surface area contributed by atoms with Crippen molar-refractivity contribution in [2.45, 2.75) is 91.1 Å². The molecule has 0 spiro atoms. The summed E-state index contributed by atoms with van der Waals surface area (Å²) in [4.78, 5) is 2.34. The van der Waals surface area contributed by atoms with Crippen LogP contribution in [0.3, 0.4) is 0 Å². The highest BCUT2D eigenvalue weighted by Gasteiger charge is 2.59. The third kappa shape index (κ3) is 3.41. The van der Waals surface area contributed by atoms with Gasteiger partial charge in [0.2, 0.25) is 0 Å². The van der Waals surface area contributed by atoms with Crippen molar-refractivity contribution in [2.75, 3.05) is 20.6 Å². The highest BCUT2D eigenvalue weighted by atomic mass is 16.3. The summed E-state index contributed by atoms with van der Waals surface area (Å²) in [5, 5.41) is 10.2. The third-order valence-corrected chi connectivity index (χ3v) is 10.1. The van der Waals surface area contributed by atoms with Crippen LogP contribution in [0.4, 0.5) is 0 Å². The topological polar surface area (TPSA) is 23.5 Å². The zero-order valence-corrected chi connectivity index (χ0v) is 19.2. The Bertz CT molecular complexity index is 597. The Morgan fingerprint density at radius 2 is 1.89 bits per heavy atom. The van der Waals surface area contributed by atoms with Crippen LogP contribution < -0.4 is 0 Å². The van der Waals surface area contributed by atoms with Crippen molar-refractivity contribution in [1.82, 2.24) is 4.90 Å². The van der Waals surface area contributed by atoms with Crippen LogP contribution in [0.15, 0.2) is 11.6 Å². The average Bonchev–Trinajstić information content (AvgIpc) is 2.99. The second-order valence-corrected chi connectivity index (χ2v) is 11.8. The van der Waals surface area contributed by atoms with E-state index in [0.717, 1.165) is 42.4 Å². The number of nitrogens with zero attached hydrogens (tertiary/aromatic N) is 1. The second kappa shape index (κ2) is 7.73. The van der Waals surface area contributed by atoms with Gasteiger partial charge in [0.15, 0.2) is 0 Å². The molecule has 1 N–H and O–H groups in total. The van der Waals surface area contributed by atoms with Crippen molar-refractivity contribution >= 4 is 0 Å². The van der Waals surface area contributed by atoms with Gasteiger partial charge < -0.3 is 10.0 Å². The molecule has 0 aromatic carbocycles. The Morgan fingerprint density at radius 1 is 1.11 bits per heavy atom. The van der Waals surface area contributed by atoms with E-state index < -0.39 is 0 Å². The number of fused-ring (bicyclic) bond motifs is 5. The molecule has 28 heavy (non-hydrogen) atoms. The number of aliphatic hydroxyl groups excluding tert-OH is 1. The number of hydrogen-bond acceptors (Lipinski definition) is 2. The van der Waals surface area contributed by atoms with Gasteiger partial charge in [-0.1, -0.05) is 32.4 Å². The summed E-state index contributed by atoms with van der Waals surface area (Å²) in [6, 6.07) is 0. The maximum Gasteiger partial charge on any atom is 0.0577 e. The SMILES string of the molecule is CC(CCCN(C)C)C1CCC2C3CC=C4C[C@@H](O)CC[C@]4(C)C3CC[C@]12C. The Labute approximate surface area is 174 Å². The Morgan fingerprint density at radius 3 is 2.64 bits per heavy atom. The van der Waals surface area contributed by atoms with Crippen molar-refractivity contribution < 1.29 is 5.11 Å². The van der Waals surface area contributed by atoms with Crippen LogP contribution in [0.25, 0.3) is 0 Å². The molecule has 4 aliphatic rings. The van der Waals surface area contributed by atoms with Gasteiger partial charge in [-0.3, -0.25) is 0 Å². The van der Waals surface area contributed by atoms with Gasteiger partial charge >= 0.3 is 0 Å². The number of aliphatic hydroxyl groups is 1. The maximum absolute atomic E-state index is 10.2. The van der Waals surface area contributed by atoms with Crippen LogP contribution in [-0.4, -0.2) is 36.8 Å². The zero-order valence-electron chi connectivity index (χ0n) is 19.2. The van der Waals surface area contributed by atoms with Gasteiger partial charge in [0.05, 0.1) is 6.10 Å². The lowest BCUT2D eigenvalue weighted by atomic mass is 9.47. The van der Waals surface area contributed by atoms with Crippen LogP contribution >= 0.6 is 0 Å². The minimum atomic E-state index is -0.0800. The monoisotopic (exact) mass is 387 g/mol. The minimum Gasteiger partial charge on any atom is -0.393 e. The first-order valence-electron chi connectivity index (χ1n) is 12.3. The van der Waals surface area contributed by atoms with E-state index in [0.29, 0.717) is 10.8 Å². The van der Waals surface area contributed by atoms with Crippen molar-refractivity contribution in [1.29, 1.82) is 0 Å². The summed E-state index contributed by atoms with van der Waals surface area (Å²) >= 11 is 0. The fourth-order valence-corrected chi connectivity index (χ4v) is 8.55. The number of allylic oxidation sites excluding steroid dienone is 1. The van der Waals surface area contributed by atoms with Gasteiger partial charge in [0, 0.05) is 0 Å². The summed E-state index contributed by atoms with van der Waals surface area (Å²) in [5.74, 6) is 4.53. The molecule has 3 saturated carbocycles. The Balaban J connectivity index is 1.49. The molecule has 0 saturated heterocycles. The van der Waals surface area contributed by atoms with Crippen molar-refractivity contribution in [2.24, 2.45) is 40.4 Å². The summed E-state index contributed by atoms with van der Waals surface area (Å²) in [7, 11) is 4.41. The summed E-state index contributed by atoms with van der Waals surface area (Å²) in [6.07, 6.45) is 15.6. The molecule has 0 amide bonds.